The van der Waals surface area contributed by atoms with Crippen molar-refractivity contribution in [2.75, 3.05) is 0 Å². The van der Waals surface area contributed by atoms with E-state index >= 15 is 0 Å². The van der Waals surface area contributed by atoms with Crippen LogP contribution >= 0.6 is 15.9 Å². The smallest absolute Gasteiger partial charge is 0.132 e. The molecule has 90 valence electrons. The summed E-state index contributed by atoms with van der Waals surface area (Å²) in [6.07, 6.45) is 0. The summed E-state index contributed by atoms with van der Waals surface area (Å²) in [6, 6.07) is 4.82. The van der Waals surface area contributed by atoms with Crippen LogP contribution in [0.25, 0.3) is 11.3 Å². The van der Waals surface area contributed by atoms with Crippen LogP contribution < -0.4 is 5.73 Å². The van der Waals surface area contributed by atoms with E-state index in [-0.39, 0.29) is 5.82 Å². The molecule has 0 aliphatic rings. The minimum absolute atomic E-state index is 0.280. The van der Waals surface area contributed by atoms with Gasteiger partial charge in [-0.15, -0.1) is 0 Å². The largest absolute Gasteiger partial charge is 0.334 e. The minimum Gasteiger partial charge on any atom is -0.334 e. The number of nitrogens with zero attached hydrogens (tertiary/aromatic N) is 2. The van der Waals surface area contributed by atoms with E-state index in [1.54, 1.807) is 12.1 Å². The van der Waals surface area contributed by atoms with Gasteiger partial charge in [0.05, 0.1) is 12.2 Å². The van der Waals surface area contributed by atoms with Crippen molar-refractivity contribution in [3.8, 4) is 11.3 Å². The number of benzene rings is 1. The molecule has 0 radical (unpaired) electrons. The predicted molar refractivity (Wildman–Crippen MR) is 68.9 cm³/mol. The first-order valence-electron chi connectivity index (χ1n) is 5.22. The molecule has 1 aromatic heterocycles. The van der Waals surface area contributed by atoms with Crippen molar-refractivity contribution in [2.24, 2.45) is 12.8 Å². The van der Waals surface area contributed by atoms with Crippen molar-refractivity contribution in [1.29, 1.82) is 0 Å². The number of nitrogens with two attached hydrogens (primary N) is 1. The zero-order chi connectivity index (χ0) is 12.6. The summed E-state index contributed by atoms with van der Waals surface area (Å²) in [6.45, 7) is 2.24. The maximum absolute atomic E-state index is 13.8. The van der Waals surface area contributed by atoms with Crippen LogP contribution in [0.5, 0.6) is 0 Å². The molecule has 0 saturated heterocycles. The van der Waals surface area contributed by atoms with Crippen LogP contribution in [0.3, 0.4) is 0 Å². The van der Waals surface area contributed by atoms with Gasteiger partial charge in [-0.3, -0.25) is 0 Å². The van der Waals surface area contributed by atoms with E-state index in [4.69, 9.17) is 5.73 Å². The Morgan fingerprint density at radius 2 is 2.18 bits per heavy atom. The fraction of sp³-hybridized carbons (Fsp3) is 0.250. The highest BCUT2D eigenvalue weighted by Gasteiger charge is 2.15. The van der Waals surface area contributed by atoms with Crippen molar-refractivity contribution < 1.29 is 4.39 Å². The average molecular weight is 298 g/mol. The van der Waals surface area contributed by atoms with E-state index in [9.17, 15) is 4.39 Å². The lowest BCUT2D eigenvalue weighted by atomic mass is 10.1. The third-order valence-electron chi connectivity index (χ3n) is 2.84. The second-order valence-corrected chi connectivity index (χ2v) is 4.77. The SMILES string of the molecule is Cc1c(-c2cc(Br)ccc2F)nc(CN)n1C. The first kappa shape index (κ1) is 12.3. The Morgan fingerprint density at radius 3 is 2.76 bits per heavy atom. The van der Waals surface area contributed by atoms with Crippen LogP contribution in [0.15, 0.2) is 22.7 Å². The van der Waals surface area contributed by atoms with Crippen LogP contribution in [0.2, 0.25) is 0 Å². The van der Waals surface area contributed by atoms with Crippen molar-refractivity contribution in [2.45, 2.75) is 13.5 Å². The van der Waals surface area contributed by atoms with Crippen LogP contribution in [-0.2, 0) is 13.6 Å². The lowest BCUT2D eigenvalue weighted by Crippen LogP contribution is -2.05. The molecule has 0 aliphatic carbocycles. The van der Waals surface area contributed by atoms with E-state index in [0.717, 1.165) is 16.0 Å². The van der Waals surface area contributed by atoms with Gasteiger partial charge < -0.3 is 10.3 Å². The summed E-state index contributed by atoms with van der Waals surface area (Å²) in [5.41, 5.74) is 7.64. The predicted octanol–water partition coefficient (Wildman–Crippen LogP) is 2.76. The maximum atomic E-state index is 13.8. The Hall–Kier alpha value is -1.20. The molecule has 2 aromatic rings. The molecule has 3 nitrogen and oxygen atoms in total. The monoisotopic (exact) mass is 297 g/mol. The molecule has 17 heavy (non-hydrogen) atoms. The molecule has 0 unspecified atom stereocenters. The van der Waals surface area contributed by atoms with Crippen LogP contribution in [0, 0.1) is 12.7 Å². The lowest BCUT2D eigenvalue weighted by Gasteiger charge is -2.03. The van der Waals surface area contributed by atoms with E-state index in [1.165, 1.54) is 6.07 Å². The van der Waals surface area contributed by atoms with Crippen LogP contribution in [0.4, 0.5) is 4.39 Å². The Kier molecular flexibility index (Phi) is 3.31. The van der Waals surface area contributed by atoms with Crippen molar-refractivity contribution in [3.63, 3.8) is 0 Å². The summed E-state index contributed by atoms with van der Waals surface area (Å²) in [5, 5.41) is 0. The molecule has 1 aromatic carbocycles. The van der Waals surface area contributed by atoms with Gasteiger partial charge >= 0.3 is 0 Å². The highest BCUT2D eigenvalue weighted by atomic mass is 79.9. The third-order valence-corrected chi connectivity index (χ3v) is 3.33. The first-order valence-corrected chi connectivity index (χ1v) is 6.01. The highest BCUT2D eigenvalue weighted by molar-refractivity contribution is 9.10. The molecule has 0 bridgehead atoms. The number of halogens is 2. The lowest BCUT2D eigenvalue weighted by molar-refractivity contribution is 0.630. The number of hydrogen-bond donors (Lipinski definition) is 1. The van der Waals surface area contributed by atoms with E-state index in [0.29, 0.717) is 17.8 Å². The Balaban J connectivity index is 2.64. The fourth-order valence-electron chi connectivity index (χ4n) is 1.75. The summed E-state index contributed by atoms with van der Waals surface area (Å²) in [4.78, 5) is 4.38. The molecule has 2 N–H and O–H groups in total. The molecule has 0 amide bonds. The first-order chi connectivity index (χ1) is 8.04. The summed E-state index contributed by atoms with van der Waals surface area (Å²) in [7, 11) is 1.88. The molecule has 0 spiro atoms. The Morgan fingerprint density at radius 1 is 1.47 bits per heavy atom. The van der Waals surface area contributed by atoms with Gasteiger partial charge in [-0.2, -0.15) is 0 Å². The van der Waals surface area contributed by atoms with Gasteiger partial charge in [0.25, 0.3) is 0 Å². The zero-order valence-corrected chi connectivity index (χ0v) is 11.3. The molecule has 5 heteroatoms. The number of rotatable bonds is 2. The fourth-order valence-corrected chi connectivity index (χ4v) is 2.12. The topological polar surface area (TPSA) is 43.8 Å². The normalized spacial score (nSPS) is 10.9. The van der Waals surface area contributed by atoms with E-state index in [2.05, 4.69) is 20.9 Å². The number of imidazole rings is 1. The second-order valence-electron chi connectivity index (χ2n) is 3.85. The Labute approximate surface area is 108 Å². The average Bonchev–Trinajstić information content (AvgIpc) is 2.59. The van der Waals surface area contributed by atoms with Gasteiger partial charge in [0.15, 0.2) is 0 Å². The number of aromatic nitrogens is 2. The van der Waals surface area contributed by atoms with Gasteiger partial charge in [0.1, 0.15) is 11.6 Å². The third kappa shape index (κ3) is 2.12. The van der Waals surface area contributed by atoms with Gasteiger partial charge in [-0.05, 0) is 25.1 Å². The van der Waals surface area contributed by atoms with E-state index in [1.807, 2.05) is 18.5 Å². The summed E-state index contributed by atoms with van der Waals surface area (Å²) in [5.74, 6) is 0.467. The molecular weight excluding hydrogens is 285 g/mol. The molecule has 0 saturated carbocycles. The molecule has 2 rings (SSSR count). The Bertz CT molecular complexity index is 563. The van der Waals surface area contributed by atoms with Crippen molar-refractivity contribution in [3.05, 3.63) is 40.0 Å². The zero-order valence-electron chi connectivity index (χ0n) is 9.67. The highest BCUT2D eigenvalue weighted by Crippen LogP contribution is 2.28. The van der Waals surface area contributed by atoms with Crippen LogP contribution in [-0.4, -0.2) is 9.55 Å². The van der Waals surface area contributed by atoms with Gasteiger partial charge in [-0.25, -0.2) is 9.37 Å². The van der Waals surface area contributed by atoms with Crippen LogP contribution in [0.1, 0.15) is 11.5 Å². The standard InChI is InChI=1S/C12H13BrFN3/c1-7-12(16-11(6-15)17(7)2)9-5-8(13)3-4-10(9)14/h3-5H,6,15H2,1-2H3. The molecule has 1 heterocycles. The van der Waals surface area contributed by atoms with Gasteiger partial charge in [-0.1, -0.05) is 15.9 Å². The molecule has 0 atom stereocenters. The maximum Gasteiger partial charge on any atom is 0.132 e. The quantitative estimate of drug-likeness (QED) is 0.926. The second kappa shape index (κ2) is 4.58. The van der Waals surface area contributed by atoms with Crippen molar-refractivity contribution in [1.82, 2.24) is 9.55 Å². The molecular formula is C12H13BrFN3. The van der Waals surface area contributed by atoms with Gasteiger partial charge in [0.2, 0.25) is 0 Å². The summed E-state index contributed by atoms with van der Waals surface area (Å²) >= 11 is 3.33. The van der Waals surface area contributed by atoms with Gasteiger partial charge in [0, 0.05) is 22.8 Å². The summed E-state index contributed by atoms with van der Waals surface area (Å²) < 4.78 is 16.5. The molecule has 0 aliphatic heterocycles. The molecule has 0 fully saturated rings. The van der Waals surface area contributed by atoms with E-state index < -0.39 is 0 Å². The number of hydrogen-bond acceptors (Lipinski definition) is 2. The minimum atomic E-state index is -0.280. The van der Waals surface area contributed by atoms with Crippen molar-refractivity contribution >= 4 is 15.9 Å².